The number of terminal acetylenes is 1. The number of fused-ring (bicyclic) bond motifs is 2. The van der Waals surface area contributed by atoms with Crippen LogP contribution in [-0.4, -0.2) is 128 Å². The lowest BCUT2D eigenvalue weighted by Crippen LogP contribution is -2.26. The molecular formula is C95H113BrN20O15. The maximum absolute atomic E-state index is 10.7. The first-order chi connectivity index (χ1) is 61.8. The minimum absolute atomic E-state index is 0.0139. The van der Waals surface area contributed by atoms with Gasteiger partial charge in [-0.3, -0.25) is 29.7 Å². The number of benzene rings is 2. The van der Waals surface area contributed by atoms with E-state index in [0.717, 1.165) is 91.6 Å². The Bertz CT molecular complexity index is 5740. The number of methoxy groups -OCH3 is 3. The van der Waals surface area contributed by atoms with Crippen LogP contribution >= 0.6 is 15.9 Å². The molecule has 2 aromatic carbocycles. The topological polar surface area (TPSA) is 524 Å². The van der Waals surface area contributed by atoms with Gasteiger partial charge in [-0.2, -0.15) is 53.2 Å². The Balaban J connectivity index is 0. The minimum Gasteiger partial charge on any atom is -0.494 e. The summed E-state index contributed by atoms with van der Waals surface area (Å²) in [5.41, 5.74) is 34.6. The summed E-state index contributed by atoms with van der Waals surface area (Å²) in [4.78, 5) is 141. The third kappa shape index (κ3) is 42.7. The fraction of sp³-hybridized carbons (Fsp3) is 0.368. The third-order valence-corrected chi connectivity index (χ3v) is 19.4. The Labute approximate surface area is 771 Å². The van der Waals surface area contributed by atoms with E-state index in [4.69, 9.17) is 103 Å². The molecule has 0 radical (unpaired) electrons. The fourth-order valence-corrected chi connectivity index (χ4v) is 10.7. The Morgan fingerprint density at radius 3 is 1.34 bits per heavy atom. The number of aromatic nitrogens is 13. The smallest absolute Gasteiger partial charge is 0.373 e. The number of allylic oxidation sites excluding steroid dienone is 1. The normalized spacial score (nSPS) is 10.1. The molecule has 0 fully saturated rings. The van der Waals surface area contributed by atoms with Crippen LogP contribution in [0.15, 0.2) is 173 Å². The van der Waals surface area contributed by atoms with E-state index in [9.17, 15) is 4.79 Å². The molecule has 690 valence electrons. The molecule has 1 atom stereocenters. The highest BCUT2D eigenvalue weighted by molar-refractivity contribution is 9.10. The van der Waals surface area contributed by atoms with E-state index in [-0.39, 0.29) is 88.0 Å². The zero-order valence-corrected chi connectivity index (χ0v) is 79.7. The lowest BCUT2D eigenvalue weighted by Gasteiger charge is -2.26. The number of ether oxygens (including phenoxy) is 3. The number of hydrogen-bond acceptors (Lipinski definition) is 31. The number of pyridine rings is 6. The van der Waals surface area contributed by atoms with Crippen LogP contribution in [-0.2, 0) is 104 Å². The number of rotatable bonds is 17. The number of carbonyl (C=O) groups excluding carboxylic acids is 11. The molecule has 35 nitrogen and oxygen atoms in total. The van der Waals surface area contributed by atoms with Gasteiger partial charge in [-0.05, 0) is 165 Å². The average Bonchev–Trinajstić information content (AvgIpc) is 1.77. The molecule has 9 heterocycles. The number of hydrogen-bond donors (Lipinski definition) is 3. The summed E-state index contributed by atoms with van der Waals surface area (Å²) in [5, 5.41) is 31.5. The van der Waals surface area contributed by atoms with Crippen molar-refractivity contribution in [1.29, 1.82) is 5.26 Å². The van der Waals surface area contributed by atoms with E-state index in [0.29, 0.717) is 58.3 Å². The first-order valence-electron chi connectivity index (χ1n) is 39.9. The fourth-order valence-electron chi connectivity index (χ4n) is 10.3. The van der Waals surface area contributed by atoms with Crippen LogP contribution in [0, 0.1) is 56.9 Å². The summed E-state index contributed by atoms with van der Waals surface area (Å²) in [6.07, 6.45) is 11.6. The van der Waals surface area contributed by atoms with Crippen molar-refractivity contribution >= 4 is 86.4 Å². The SMILES string of the molecule is C#Cc1nc(N)nc2c(OC)cccc12.CCC(C)(C)c1cccc(C)n1.CCC(C)(C)c1cccc(CN=[N+]=[N-])n1.CCC(C)(C)c1cccc(CO)n1.COc1cccc2c(-c3cn(Cc4cccc(C(C)(C)C)n4)nn3)nc(N)nc12.Cc1cccc(Br)n1.Cc1cccc(C(C)(C)C(C)C#N)n1.O=C=O.O=C=O.O=C=O.O=C=O.O=C=O.[C-]#[N+]C(C(=O)OC)=C(C)C. The van der Waals surface area contributed by atoms with E-state index in [2.05, 4.69) is 212 Å². The molecule has 0 aliphatic carbocycles. The number of azide groups is 1. The maximum Gasteiger partial charge on any atom is 0.373 e. The molecule has 11 aromatic rings. The zero-order chi connectivity index (χ0) is 100. The summed E-state index contributed by atoms with van der Waals surface area (Å²) in [6, 6.07) is 49.1. The lowest BCUT2D eigenvalue weighted by atomic mass is 9.77. The summed E-state index contributed by atoms with van der Waals surface area (Å²) >= 11 is 3.25. The van der Waals surface area contributed by atoms with E-state index in [1.807, 2.05) is 161 Å². The molecule has 0 bridgehead atoms. The Morgan fingerprint density at radius 1 is 0.557 bits per heavy atom. The van der Waals surface area contributed by atoms with E-state index in [1.165, 1.54) is 12.8 Å². The van der Waals surface area contributed by atoms with E-state index in [1.54, 1.807) is 38.8 Å². The first-order valence-corrected chi connectivity index (χ1v) is 40.7. The number of esters is 1. The minimum atomic E-state index is -0.560. The van der Waals surface area contributed by atoms with Crippen LogP contribution in [0.25, 0.3) is 48.5 Å². The second-order valence-corrected chi connectivity index (χ2v) is 31.8. The van der Waals surface area contributed by atoms with Gasteiger partial charge in [-0.25, -0.2) is 34.4 Å². The molecule has 5 N–H and O–H groups in total. The van der Waals surface area contributed by atoms with Crippen LogP contribution in [0.2, 0.25) is 0 Å². The molecule has 1 unspecified atom stereocenters. The van der Waals surface area contributed by atoms with Gasteiger partial charge in [-0.15, -0.1) is 11.5 Å². The molecule has 11 rings (SSSR count). The predicted octanol–water partition coefficient (Wildman–Crippen LogP) is 16.8. The number of aliphatic hydroxyl groups is 1. The molecule has 36 heteroatoms. The molecule has 0 aliphatic rings. The number of para-hydroxylation sites is 2. The molecule has 0 amide bonds. The lowest BCUT2D eigenvalue weighted by molar-refractivity contribution is -0.193. The van der Waals surface area contributed by atoms with Gasteiger partial charge in [0.2, 0.25) is 11.9 Å². The second-order valence-electron chi connectivity index (χ2n) is 30.9. The van der Waals surface area contributed by atoms with Crippen molar-refractivity contribution in [3.05, 3.63) is 258 Å². The molecule has 9 aromatic heterocycles. The third-order valence-electron chi connectivity index (χ3n) is 19.0. The van der Waals surface area contributed by atoms with Gasteiger partial charge in [0, 0.05) is 94.0 Å². The van der Waals surface area contributed by atoms with E-state index < -0.39 is 5.97 Å². The van der Waals surface area contributed by atoms with Crippen LogP contribution < -0.4 is 20.9 Å². The van der Waals surface area contributed by atoms with Crippen molar-refractivity contribution in [2.24, 2.45) is 11.0 Å². The van der Waals surface area contributed by atoms with Crippen LogP contribution in [0.5, 0.6) is 11.5 Å². The number of halogens is 1. The predicted molar refractivity (Wildman–Crippen MR) is 492 cm³/mol. The van der Waals surface area contributed by atoms with Crippen LogP contribution in [0.3, 0.4) is 0 Å². The zero-order valence-electron chi connectivity index (χ0n) is 78.1. The Kier molecular flexibility index (Phi) is 55.8. The van der Waals surface area contributed by atoms with E-state index >= 15 is 0 Å². The average molecular weight is 1850 g/mol. The molecule has 131 heavy (non-hydrogen) atoms. The maximum atomic E-state index is 10.7. The number of anilines is 2. The summed E-state index contributed by atoms with van der Waals surface area (Å²) in [7, 11) is 4.43. The largest absolute Gasteiger partial charge is 0.494 e. The van der Waals surface area contributed by atoms with Gasteiger partial charge in [0.1, 0.15) is 44.2 Å². The van der Waals surface area contributed by atoms with Crippen molar-refractivity contribution in [1.82, 2.24) is 64.8 Å². The first kappa shape index (κ1) is 118. The number of aryl methyl sites for hydroxylation is 3. The standard InChI is InChI=1S/C21H23N7O.C12H16N2.C11H16N4.C11H9N3O.C11H17NO.C11H17N.C7H9NO2.C6H6BrN.5CO2/c1-21(2,3)17-10-5-7-13(23-17)11-28-12-15(26-27-28)18-14-8-6-9-16(29-4)19(14)25-20(22)24-18;1-9(8-13)12(3,4)11-7-5-6-10(2)14-11;1-4-11(2,3)10-7-5-6-9(14-10)8-13-15-12;1-3-8-7-5-4-6-9(15-2)10(7)14-11(12)13-8;1-4-11(2,3)10-7-5-6-9(8-13)12-10;1-5-11(3,4)10-8-6-7-9(2)12-10;1-5(2)6(8-3)7(9)10-4;1-5-3-2-4-6(7)8-5;5*2-1-3/h5-10,12H,11H2,1-4H3,(H2,22,24,25);5-7,9H,1-4H3;5-7H,4,8H2,1-3H3;1,4-6H,2H3,(H2,12,13,14);5-7,13H,4,8H2,1-3H3;6-8H,5H2,1-4H3;1-2,4H3;2-4H,1H3;;;;;. The van der Waals surface area contributed by atoms with Crippen molar-refractivity contribution in [3.8, 4) is 41.3 Å². The molecule has 0 saturated heterocycles. The van der Waals surface area contributed by atoms with Crippen molar-refractivity contribution in [2.75, 3.05) is 32.8 Å². The summed E-state index contributed by atoms with van der Waals surface area (Å²) in [5.74, 6) is 3.47. The molecular weight excluding hydrogens is 1740 g/mol. The number of carbonyl (C=O) groups is 1. The number of nitrogen functional groups attached to an aromatic ring is 2. The highest BCUT2D eigenvalue weighted by Crippen LogP contribution is 2.34. The van der Waals surface area contributed by atoms with Crippen LogP contribution in [0.1, 0.15) is 205 Å². The van der Waals surface area contributed by atoms with Gasteiger partial charge in [0.25, 0.3) is 5.70 Å². The van der Waals surface area contributed by atoms with Crippen molar-refractivity contribution in [3.63, 3.8) is 0 Å². The Morgan fingerprint density at radius 2 is 0.947 bits per heavy atom. The Hall–Kier alpha value is -15.2. The summed E-state index contributed by atoms with van der Waals surface area (Å²) in [6.45, 7) is 48.9. The van der Waals surface area contributed by atoms with Gasteiger partial charge < -0.3 is 30.8 Å². The highest BCUT2D eigenvalue weighted by atomic mass is 79.9. The quantitative estimate of drug-likeness (QED) is 0.0111. The number of aliphatic hydroxyl groups excluding tert-OH is 1. The number of nitrogens with zero attached hydrogens (tertiary/aromatic N) is 18. The number of nitriles is 1. The van der Waals surface area contributed by atoms with Gasteiger partial charge >= 0.3 is 36.7 Å². The van der Waals surface area contributed by atoms with Crippen molar-refractivity contribution < 1.29 is 72.1 Å². The molecule has 0 spiro atoms. The van der Waals surface area contributed by atoms with Gasteiger partial charge in [0.05, 0.1) is 77.2 Å². The second kappa shape index (κ2) is 62.0. The van der Waals surface area contributed by atoms with Gasteiger partial charge in [0.15, 0.2) is 0 Å². The van der Waals surface area contributed by atoms with Crippen molar-refractivity contribution in [2.45, 2.75) is 205 Å². The monoisotopic (exact) mass is 1850 g/mol. The molecule has 0 aliphatic heterocycles. The molecule has 0 saturated carbocycles. The van der Waals surface area contributed by atoms with Crippen LogP contribution in [0.4, 0.5) is 11.9 Å². The number of nitrogens with two attached hydrogens (primary N) is 2. The summed E-state index contributed by atoms with van der Waals surface area (Å²) < 4.78 is 17.6. The van der Waals surface area contributed by atoms with Gasteiger partial charge in [-0.1, -0.05) is 181 Å². The highest BCUT2D eigenvalue weighted by Gasteiger charge is 2.30.